The van der Waals surface area contributed by atoms with Gasteiger partial charge in [0.15, 0.2) is 0 Å². The van der Waals surface area contributed by atoms with E-state index in [4.69, 9.17) is 5.73 Å². The number of piperazine rings is 1. The molecule has 0 bridgehead atoms. The number of nitrogen functional groups attached to an aromatic ring is 1. The summed E-state index contributed by atoms with van der Waals surface area (Å²) in [7, 11) is 0. The number of nitrogens with two attached hydrogens (primary N) is 1. The molecule has 3 N–H and O–H groups in total. The molecule has 98 valence electrons. The van der Waals surface area contributed by atoms with Gasteiger partial charge in [-0.1, -0.05) is 18.2 Å². The summed E-state index contributed by atoms with van der Waals surface area (Å²) in [4.78, 5) is 25.8. The molecule has 0 spiro atoms. The smallest absolute Gasteiger partial charge is 0.266 e. The van der Waals surface area contributed by atoms with E-state index in [9.17, 15) is 9.59 Å². The highest BCUT2D eigenvalue weighted by atomic mass is 32.1. The summed E-state index contributed by atoms with van der Waals surface area (Å²) in [5.74, 6) is -0.284. The Balaban J connectivity index is 1.97. The van der Waals surface area contributed by atoms with E-state index in [0.717, 1.165) is 10.1 Å². The highest BCUT2D eigenvalue weighted by molar-refractivity contribution is 7.21. The maximum Gasteiger partial charge on any atom is 0.266 e. The van der Waals surface area contributed by atoms with Crippen LogP contribution in [0.3, 0.4) is 0 Å². The average Bonchev–Trinajstić information content (AvgIpc) is 2.76. The van der Waals surface area contributed by atoms with E-state index in [1.54, 1.807) is 4.90 Å². The number of benzene rings is 1. The topological polar surface area (TPSA) is 75.4 Å². The van der Waals surface area contributed by atoms with E-state index in [2.05, 4.69) is 5.32 Å². The molecule has 1 aliphatic heterocycles. The molecule has 2 aromatic rings. The van der Waals surface area contributed by atoms with E-state index >= 15 is 0 Å². The van der Waals surface area contributed by atoms with Crippen molar-refractivity contribution in [1.29, 1.82) is 0 Å². The number of anilines is 1. The SMILES string of the molecule is Nc1c(C(=O)N2CCNC(=O)C2)sc2ccccc12. The minimum atomic E-state index is -0.159. The van der Waals surface area contributed by atoms with E-state index in [1.165, 1.54) is 11.3 Å². The zero-order valence-electron chi connectivity index (χ0n) is 10.2. The van der Waals surface area contributed by atoms with E-state index in [1.807, 2.05) is 24.3 Å². The van der Waals surface area contributed by atoms with Crippen LogP contribution in [0.4, 0.5) is 5.69 Å². The van der Waals surface area contributed by atoms with Crippen molar-refractivity contribution in [3.8, 4) is 0 Å². The second kappa shape index (κ2) is 4.55. The first-order valence-electron chi connectivity index (χ1n) is 6.00. The number of fused-ring (bicyclic) bond motifs is 1. The molecular formula is C13H13N3O2S. The van der Waals surface area contributed by atoms with Gasteiger partial charge in [-0.25, -0.2) is 0 Å². The van der Waals surface area contributed by atoms with Crippen molar-refractivity contribution in [2.24, 2.45) is 0 Å². The first kappa shape index (κ1) is 12.0. The molecule has 1 fully saturated rings. The average molecular weight is 275 g/mol. The van der Waals surface area contributed by atoms with Gasteiger partial charge in [-0.2, -0.15) is 0 Å². The summed E-state index contributed by atoms with van der Waals surface area (Å²) >= 11 is 1.38. The van der Waals surface area contributed by atoms with Crippen LogP contribution in [0.25, 0.3) is 10.1 Å². The monoisotopic (exact) mass is 275 g/mol. The van der Waals surface area contributed by atoms with Gasteiger partial charge in [0.2, 0.25) is 5.91 Å². The van der Waals surface area contributed by atoms with E-state index in [-0.39, 0.29) is 18.4 Å². The van der Waals surface area contributed by atoms with Gasteiger partial charge in [0, 0.05) is 23.2 Å². The van der Waals surface area contributed by atoms with Crippen molar-refractivity contribution < 1.29 is 9.59 Å². The molecule has 0 aliphatic carbocycles. The van der Waals surface area contributed by atoms with Crippen LogP contribution in [0.15, 0.2) is 24.3 Å². The number of amides is 2. The predicted molar refractivity (Wildman–Crippen MR) is 75.2 cm³/mol. The summed E-state index contributed by atoms with van der Waals surface area (Å²) < 4.78 is 0.991. The summed E-state index contributed by atoms with van der Waals surface area (Å²) in [5, 5.41) is 3.60. The van der Waals surface area contributed by atoms with Crippen LogP contribution in [0.5, 0.6) is 0 Å². The van der Waals surface area contributed by atoms with Crippen molar-refractivity contribution in [2.45, 2.75) is 0 Å². The number of nitrogens with zero attached hydrogens (tertiary/aromatic N) is 1. The van der Waals surface area contributed by atoms with Crippen LogP contribution in [0, 0.1) is 0 Å². The van der Waals surface area contributed by atoms with Gasteiger partial charge in [-0.05, 0) is 6.07 Å². The molecule has 19 heavy (non-hydrogen) atoms. The standard InChI is InChI=1S/C13H13N3O2S/c14-11-8-3-1-2-4-9(8)19-12(11)13(18)16-6-5-15-10(17)7-16/h1-4H,5-7,14H2,(H,15,17). The highest BCUT2D eigenvalue weighted by Gasteiger charge is 2.25. The lowest BCUT2D eigenvalue weighted by Crippen LogP contribution is -2.49. The molecule has 1 saturated heterocycles. The number of hydrogen-bond donors (Lipinski definition) is 2. The quantitative estimate of drug-likeness (QED) is 0.817. The van der Waals surface area contributed by atoms with Gasteiger partial charge in [0.1, 0.15) is 4.88 Å². The zero-order chi connectivity index (χ0) is 13.4. The third-order valence-corrected chi connectivity index (χ3v) is 4.33. The minimum absolute atomic E-state index is 0.104. The third-order valence-electron chi connectivity index (χ3n) is 3.15. The Labute approximate surface area is 114 Å². The fraction of sp³-hybridized carbons (Fsp3) is 0.231. The minimum Gasteiger partial charge on any atom is -0.397 e. The second-order valence-corrected chi connectivity index (χ2v) is 5.47. The Morgan fingerprint density at radius 1 is 1.37 bits per heavy atom. The Morgan fingerprint density at radius 2 is 2.16 bits per heavy atom. The Bertz CT molecular complexity index is 665. The lowest BCUT2D eigenvalue weighted by atomic mass is 10.2. The Hall–Kier alpha value is -2.08. The number of hydrogen-bond acceptors (Lipinski definition) is 4. The van der Waals surface area contributed by atoms with Crippen LogP contribution in [-0.2, 0) is 4.79 Å². The van der Waals surface area contributed by atoms with E-state index in [0.29, 0.717) is 23.7 Å². The van der Waals surface area contributed by atoms with Crippen LogP contribution >= 0.6 is 11.3 Å². The fourth-order valence-corrected chi connectivity index (χ4v) is 3.27. The molecule has 0 atom stereocenters. The van der Waals surface area contributed by atoms with Gasteiger partial charge in [-0.3, -0.25) is 9.59 Å². The van der Waals surface area contributed by atoms with Crippen molar-refractivity contribution in [1.82, 2.24) is 10.2 Å². The molecule has 2 amide bonds. The van der Waals surface area contributed by atoms with Crippen molar-refractivity contribution in [2.75, 3.05) is 25.4 Å². The van der Waals surface area contributed by atoms with Gasteiger partial charge < -0.3 is 16.0 Å². The molecule has 0 radical (unpaired) electrons. The van der Waals surface area contributed by atoms with E-state index < -0.39 is 0 Å². The van der Waals surface area contributed by atoms with Gasteiger partial charge in [-0.15, -0.1) is 11.3 Å². The molecule has 0 unspecified atom stereocenters. The van der Waals surface area contributed by atoms with Crippen LogP contribution < -0.4 is 11.1 Å². The maximum atomic E-state index is 12.4. The Morgan fingerprint density at radius 3 is 2.89 bits per heavy atom. The van der Waals surface area contributed by atoms with Crippen molar-refractivity contribution in [3.05, 3.63) is 29.1 Å². The zero-order valence-corrected chi connectivity index (χ0v) is 11.0. The van der Waals surface area contributed by atoms with Crippen LogP contribution in [0.2, 0.25) is 0 Å². The normalized spacial score (nSPS) is 15.6. The fourth-order valence-electron chi connectivity index (χ4n) is 2.18. The molecule has 1 aliphatic rings. The molecule has 3 rings (SSSR count). The third kappa shape index (κ3) is 2.04. The number of nitrogens with one attached hydrogen (secondary N) is 1. The summed E-state index contributed by atoms with van der Waals surface area (Å²) in [6, 6.07) is 7.66. The molecular weight excluding hydrogens is 262 g/mol. The highest BCUT2D eigenvalue weighted by Crippen LogP contribution is 2.34. The van der Waals surface area contributed by atoms with Crippen molar-refractivity contribution in [3.63, 3.8) is 0 Å². The van der Waals surface area contributed by atoms with Crippen LogP contribution in [-0.4, -0.2) is 36.3 Å². The first-order chi connectivity index (χ1) is 9.16. The number of thiophene rings is 1. The second-order valence-electron chi connectivity index (χ2n) is 4.42. The number of carbonyl (C=O) groups is 2. The van der Waals surface area contributed by atoms with Crippen LogP contribution in [0.1, 0.15) is 9.67 Å². The lowest BCUT2D eigenvalue weighted by molar-refractivity contribution is -0.123. The van der Waals surface area contributed by atoms with Gasteiger partial charge >= 0.3 is 0 Å². The largest absolute Gasteiger partial charge is 0.397 e. The van der Waals surface area contributed by atoms with Gasteiger partial charge in [0.05, 0.1) is 12.2 Å². The Kier molecular flexibility index (Phi) is 2.87. The molecule has 2 heterocycles. The van der Waals surface area contributed by atoms with Gasteiger partial charge in [0.25, 0.3) is 5.91 Å². The summed E-state index contributed by atoms with van der Waals surface area (Å²) in [6.07, 6.45) is 0. The number of rotatable bonds is 1. The molecule has 0 saturated carbocycles. The first-order valence-corrected chi connectivity index (χ1v) is 6.81. The molecule has 1 aromatic heterocycles. The summed E-state index contributed by atoms with van der Waals surface area (Å²) in [5.41, 5.74) is 6.55. The lowest BCUT2D eigenvalue weighted by Gasteiger charge is -2.26. The molecule has 1 aromatic carbocycles. The number of carbonyl (C=O) groups excluding carboxylic acids is 2. The van der Waals surface area contributed by atoms with Crippen molar-refractivity contribution >= 4 is 38.9 Å². The summed E-state index contributed by atoms with van der Waals surface area (Å²) in [6.45, 7) is 1.13. The molecule has 6 heteroatoms. The molecule has 5 nitrogen and oxygen atoms in total. The maximum absolute atomic E-state index is 12.4. The predicted octanol–water partition coefficient (Wildman–Crippen LogP) is 1.06.